The van der Waals surface area contributed by atoms with Gasteiger partial charge in [-0.25, -0.2) is 4.79 Å². The van der Waals surface area contributed by atoms with Crippen molar-refractivity contribution in [2.24, 2.45) is 5.73 Å². The minimum Gasteiger partial charge on any atom is -0.459 e. The van der Waals surface area contributed by atoms with E-state index in [0.29, 0.717) is 0 Å². The Hall–Kier alpha value is -2.46. The Balaban J connectivity index is 1.85. The molecule has 2 aromatic rings. The van der Waals surface area contributed by atoms with Gasteiger partial charge in [-0.05, 0) is 29.2 Å². The third-order valence-corrected chi connectivity index (χ3v) is 3.96. The second-order valence-electron chi connectivity index (χ2n) is 5.48. The molecule has 0 aliphatic heterocycles. The summed E-state index contributed by atoms with van der Waals surface area (Å²) in [5.74, 6) is -1.60. The molecule has 0 aromatic heterocycles. The van der Waals surface area contributed by atoms with E-state index in [-0.39, 0.29) is 12.5 Å². The van der Waals surface area contributed by atoms with Crippen LogP contribution in [0.5, 0.6) is 0 Å². The van der Waals surface area contributed by atoms with Gasteiger partial charge in [0.05, 0.1) is 6.04 Å². The van der Waals surface area contributed by atoms with E-state index in [2.05, 4.69) is 12.1 Å². The summed E-state index contributed by atoms with van der Waals surface area (Å²) in [6.45, 7) is 1.62. The number of rotatable bonds is 4. The van der Waals surface area contributed by atoms with Crippen LogP contribution in [0.3, 0.4) is 0 Å². The molecule has 22 heavy (non-hydrogen) atoms. The van der Waals surface area contributed by atoms with E-state index < -0.39 is 17.8 Å². The monoisotopic (exact) mass is 295 g/mol. The number of esters is 1. The van der Waals surface area contributed by atoms with Crippen molar-refractivity contribution in [3.8, 4) is 11.1 Å². The molecule has 1 aliphatic carbocycles. The number of benzene rings is 2. The SMILES string of the molecule is C[C@H](N)C(=O)C(=O)OCC1c2ccccc2-c2ccccc21. The summed E-state index contributed by atoms with van der Waals surface area (Å²) in [4.78, 5) is 23.3. The van der Waals surface area contributed by atoms with Gasteiger partial charge in [-0.3, -0.25) is 4.79 Å². The molecular formula is C18H17NO3. The van der Waals surface area contributed by atoms with Gasteiger partial charge in [0.25, 0.3) is 5.78 Å². The molecule has 2 N–H and O–H groups in total. The lowest BCUT2D eigenvalue weighted by atomic mass is 9.98. The van der Waals surface area contributed by atoms with E-state index in [1.54, 1.807) is 0 Å². The Kier molecular flexibility index (Phi) is 3.77. The van der Waals surface area contributed by atoms with Crippen molar-refractivity contribution in [3.63, 3.8) is 0 Å². The zero-order valence-electron chi connectivity index (χ0n) is 12.3. The molecule has 0 saturated heterocycles. The predicted octanol–water partition coefficient (Wildman–Crippen LogP) is 2.26. The van der Waals surface area contributed by atoms with Crippen LogP contribution in [0.2, 0.25) is 0 Å². The summed E-state index contributed by atoms with van der Waals surface area (Å²) in [6.07, 6.45) is 0. The van der Waals surface area contributed by atoms with E-state index in [0.717, 1.165) is 22.3 Å². The number of carbonyl (C=O) groups is 2. The van der Waals surface area contributed by atoms with Crippen molar-refractivity contribution < 1.29 is 14.3 Å². The van der Waals surface area contributed by atoms with Gasteiger partial charge < -0.3 is 10.5 Å². The van der Waals surface area contributed by atoms with Gasteiger partial charge in [-0.1, -0.05) is 48.5 Å². The molecule has 112 valence electrons. The van der Waals surface area contributed by atoms with Crippen LogP contribution in [0, 0.1) is 0 Å². The Morgan fingerprint density at radius 1 is 1.05 bits per heavy atom. The summed E-state index contributed by atoms with van der Waals surface area (Å²) in [5, 5.41) is 0. The topological polar surface area (TPSA) is 69.4 Å². The summed E-state index contributed by atoms with van der Waals surface area (Å²) >= 11 is 0. The highest BCUT2D eigenvalue weighted by molar-refractivity contribution is 6.35. The summed E-state index contributed by atoms with van der Waals surface area (Å²) in [5.41, 5.74) is 9.96. The Morgan fingerprint density at radius 2 is 1.55 bits per heavy atom. The van der Waals surface area contributed by atoms with Crippen LogP contribution < -0.4 is 5.73 Å². The minimum atomic E-state index is -0.864. The zero-order chi connectivity index (χ0) is 15.7. The van der Waals surface area contributed by atoms with E-state index >= 15 is 0 Å². The zero-order valence-corrected chi connectivity index (χ0v) is 12.3. The van der Waals surface area contributed by atoms with Crippen LogP contribution in [-0.2, 0) is 14.3 Å². The van der Waals surface area contributed by atoms with Gasteiger partial charge in [-0.2, -0.15) is 0 Å². The van der Waals surface area contributed by atoms with Gasteiger partial charge >= 0.3 is 5.97 Å². The van der Waals surface area contributed by atoms with Gasteiger partial charge in [0.2, 0.25) is 0 Å². The molecular weight excluding hydrogens is 278 g/mol. The Bertz CT molecular complexity index is 691. The smallest absolute Gasteiger partial charge is 0.376 e. The van der Waals surface area contributed by atoms with E-state index in [1.807, 2.05) is 36.4 Å². The van der Waals surface area contributed by atoms with Crippen molar-refractivity contribution >= 4 is 11.8 Å². The number of hydrogen-bond acceptors (Lipinski definition) is 4. The molecule has 0 amide bonds. The molecule has 0 spiro atoms. The quantitative estimate of drug-likeness (QED) is 0.694. The Labute approximate surface area is 128 Å². The first-order valence-electron chi connectivity index (χ1n) is 7.24. The number of ether oxygens (including phenoxy) is 1. The molecule has 0 fully saturated rings. The average molecular weight is 295 g/mol. The number of Topliss-reactive ketones (excluding diaryl/α,β-unsaturated/α-hetero) is 1. The fraction of sp³-hybridized carbons (Fsp3) is 0.222. The molecule has 0 radical (unpaired) electrons. The third kappa shape index (κ3) is 2.42. The maximum atomic E-state index is 11.7. The second kappa shape index (κ2) is 5.73. The molecule has 1 atom stereocenters. The summed E-state index contributed by atoms with van der Waals surface area (Å²) in [7, 11) is 0. The lowest BCUT2D eigenvalue weighted by Gasteiger charge is -2.14. The lowest BCUT2D eigenvalue weighted by Crippen LogP contribution is -2.35. The standard InChI is InChI=1S/C18H17NO3/c1-11(19)17(20)18(21)22-10-16-14-8-4-2-6-12(14)13-7-3-5-9-15(13)16/h2-9,11,16H,10,19H2,1H3/t11-/m0/s1. The van der Waals surface area contributed by atoms with E-state index in [4.69, 9.17) is 10.5 Å². The first-order chi connectivity index (χ1) is 10.6. The van der Waals surface area contributed by atoms with E-state index in [1.165, 1.54) is 6.92 Å². The molecule has 0 saturated carbocycles. The van der Waals surface area contributed by atoms with Crippen molar-refractivity contribution in [2.45, 2.75) is 18.9 Å². The molecule has 1 aliphatic rings. The van der Waals surface area contributed by atoms with Crippen molar-refractivity contribution in [1.82, 2.24) is 0 Å². The summed E-state index contributed by atoms with van der Waals surface area (Å²) < 4.78 is 5.19. The molecule has 0 heterocycles. The first kappa shape index (κ1) is 14.5. The summed E-state index contributed by atoms with van der Waals surface area (Å²) in [6, 6.07) is 15.2. The van der Waals surface area contributed by atoms with Crippen LogP contribution in [0.1, 0.15) is 24.0 Å². The van der Waals surface area contributed by atoms with Crippen LogP contribution in [0.15, 0.2) is 48.5 Å². The number of carbonyl (C=O) groups excluding carboxylic acids is 2. The number of fused-ring (bicyclic) bond motifs is 3. The second-order valence-corrected chi connectivity index (χ2v) is 5.48. The van der Waals surface area contributed by atoms with Crippen molar-refractivity contribution in [3.05, 3.63) is 59.7 Å². The molecule has 3 rings (SSSR count). The molecule has 0 bridgehead atoms. The maximum Gasteiger partial charge on any atom is 0.376 e. The van der Waals surface area contributed by atoms with E-state index in [9.17, 15) is 9.59 Å². The number of nitrogens with two attached hydrogens (primary N) is 1. The van der Waals surface area contributed by atoms with Gasteiger partial charge in [0.15, 0.2) is 0 Å². The van der Waals surface area contributed by atoms with Crippen molar-refractivity contribution in [1.29, 1.82) is 0 Å². The van der Waals surface area contributed by atoms with Crippen molar-refractivity contribution in [2.75, 3.05) is 6.61 Å². The normalized spacial score (nSPS) is 14.1. The van der Waals surface area contributed by atoms with Crippen LogP contribution in [0.25, 0.3) is 11.1 Å². The molecule has 4 heteroatoms. The molecule has 2 aromatic carbocycles. The maximum absolute atomic E-state index is 11.7. The highest BCUT2D eigenvalue weighted by atomic mass is 16.5. The minimum absolute atomic E-state index is 0.0442. The van der Waals surface area contributed by atoms with Crippen LogP contribution in [0.4, 0.5) is 0 Å². The van der Waals surface area contributed by atoms with Crippen LogP contribution >= 0.6 is 0 Å². The largest absolute Gasteiger partial charge is 0.459 e. The third-order valence-electron chi connectivity index (χ3n) is 3.96. The highest BCUT2D eigenvalue weighted by Gasteiger charge is 2.30. The van der Waals surface area contributed by atoms with Gasteiger partial charge in [0.1, 0.15) is 6.61 Å². The number of ketones is 1. The predicted molar refractivity (Wildman–Crippen MR) is 83.3 cm³/mol. The van der Waals surface area contributed by atoms with Gasteiger partial charge in [-0.15, -0.1) is 0 Å². The fourth-order valence-electron chi connectivity index (χ4n) is 2.86. The average Bonchev–Trinajstić information content (AvgIpc) is 2.86. The van der Waals surface area contributed by atoms with Gasteiger partial charge in [0, 0.05) is 5.92 Å². The molecule has 0 unspecified atom stereocenters. The lowest BCUT2D eigenvalue weighted by molar-refractivity contribution is -0.154. The fourth-order valence-corrected chi connectivity index (χ4v) is 2.86. The first-order valence-corrected chi connectivity index (χ1v) is 7.24. The number of hydrogen-bond donors (Lipinski definition) is 1. The van der Waals surface area contributed by atoms with Crippen LogP contribution in [-0.4, -0.2) is 24.4 Å². The highest BCUT2D eigenvalue weighted by Crippen LogP contribution is 2.44. The molecule has 4 nitrogen and oxygen atoms in total. The Morgan fingerprint density at radius 3 is 2.05 bits per heavy atom.